The van der Waals surface area contributed by atoms with Crippen molar-refractivity contribution in [3.63, 3.8) is 0 Å². The molecule has 1 N–H and O–H groups in total. The van der Waals surface area contributed by atoms with E-state index in [9.17, 15) is 20.0 Å². The monoisotopic (exact) mass is 360 g/mol. The highest BCUT2D eigenvalue weighted by Gasteiger charge is 2.23. The van der Waals surface area contributed by atoms with Gasteiger partial charge >= 0.3 is 0 Å². The molecule has 0 radical (unpaired) electrons. The van der Waals surface area contributed by atoms with Gasteiger partial charge in [-0.25, -0.2) is 0 Å². The lowest BCUT2D eigenvalue weighted by Crippen LogP contribution is -2.27. The van der Waals surface area contributed by atoms with Gasteiger partial charge in [-0.1, -0.05) is 18.5 Å². The molecule has 0 aliphatic rings. The van der Waals surface area contributed by atoms with Gasteiger partial charge in [0.1, 0.15) is 17.4 Å². The fourth-order valence-electron chi connectivity index (χ4n) is 2.47. The smallest absolute Gasteiger partial charge is 0.271 e. The highest BCUT2D eigenvalue weighted by molar-refractivity contribution is 6.30. The number of halogens is 1. The Morgan fingerprint density at radius 1 is 1.36 bits per heavy atom. The molecule has 130 valence electrons. The summed E-state index contributed by atoms with van der Waals surface area (Å²) >= 11 is 5.79. The maximum Gasteiger partial charge on any atom is 0.271 e. The van der Waals surface area contributed by atoms with Crippen molar-refractivity contribution in [3.05, 3.63) is 56.3 Å². The summed E-state index contributed by atoms with van der Waals surface area (Å²) in [6, 6.07) is 8.29. The summed E-state index contributed by atoms with van der Waals surface area (Å²) in [6.45, 7) is 3.15. The molecule has 0 saturated heterocycles. The third-order valence-electron chi connectivity index (χ3n) is 3.71. The fraction of sp³-hybridized carbons (Fsp3) is 0.278. The van der Waals surface area contributed by atoms with Crippen molar-refractivity contribution in [3.8, 4) is 17.7 Å². The number of rotatable bonds is 6. The van der Waals surface area contributed by atoms with Gasteiger partial charge in [-0.15, -0.1) is 0 Å². The van der Waals surface area contributed by atoms with Crippen LogP contribution in [-0.4, -0.2) is 22.1 Å². The van der Waals surface area contributed by atoms with Crippen molar-refractivity contribution in [1.82, 2.24) is 4.57 Å². The number of ether oxygens (including phenoxy) is 1. The zero-order chi connectivity index (χ0) is 18.6. The predicted molar refractivity (Wildman–Crippen MR) is 93.4 cm³/mol. The molecular formula is C18H17ClN2O4. The molecule has 25 heavy (non-hydrogen) atoms. The Morgan fingerprint density at radius 2 is 2.00 bits per heavy atom. The Bertz CT molecular complexity index is 895. The average molecular weight is 361 g/mol. The molecule has 0 aliphatic carbocycles. The van der Waals surface area contributed by atoms with E-state index in [1.165, 1.54) is 6.92 Å². The standard InChI is InChI=1S/C18H17ClN2O4/c1-3-8-21-17(23)14(9-20)11(2)16(18(21)24)15(22)10-25-13-6-4-12(19)5-7-13/h4-7,24H,3,8,10H2,1-2H3. The van der Waals surface area contributed by atoms with Crippen LogP contribution in [0.5, 0.6) is 11.6 Å². The molecule has 0 saturated carbocycles. The topological polar surface area (TPSA) is 92.3 Å². The summed E-state index contributed by atoms with van der Waals surface area (Å²) in [4.78, 5) is 24.8. The molecule has 0 bridgehead atoms. The van der Waals surface area contributed by atoms with E-state index in [4.69, 9.17) is 16.3 Å². The second-order valence-corrected chi connectivity index (χ2v) is 5.87. The number of ketones is 1. The number of benzene rings is 1. The normalized spacial score (nSPS) is 10.3. The average Bonchev–Trinajstić information content (AvgIpc) is 2.58. The van der Waals surface area contributed by atoms with Crippen molar-refractivity contribution in [2.45, 2.75) is 26.8 Å². The van der Waals surface area contributed by atoms with Crippen molar-refractivity contribution in [2.75, 3.05) is 6.61 Å². The first-order valence-electron chi connectivity index (χ1n) is 7.68. The zero-order valence-electron chi connectivity index (χ0n) is 13.9. The van der Waals surface area contributed by atoms with Crippen LogP contribution in [0.1, 0.15) is 34.8 Å². The molecule has 0 fully saturated rings. The third kappa shape index (κ3) is 3.83. The van der Waals surface area contributed by atoms with Gasteiger partial charge in [-0.05, 0) is 43.2 Å². The summed E-state index contributed by atoms with van der Waals surface area (Å²) in [5.74, 6) is -0.517. The van der Waals surface area contributed by atoms with E-state index < -0.39 is 17.2 Å². The summed E-state index contributed by atoms with van der Waals surface area (Å²) in [6.07, 6.45) is 0.566. The Morgan fingerprint density at radius 3 is 2.56 bits per heavy atom. The Labute approximate surface area is 149 Å². The highest BCUT2D eigenvalue weighted by Crippen LogP contribution is 2.23. The van der Waals surface area contributed by atoms with E-state index in [2.05, 4.69) is 0 Å². The van der Waals surface area contributed by atoms with Crippen LogP contribution in [0.2, 0.25) is 5.02 Å². The molecule has 6 nitrogen and oxygen atoms in total. The second kappa shape index (κ2) is 7.86. The number of nitriles is 1. The quantitative estimate of drug-likeness (QED) is 0.799. The summed E-state index contributed by atoms with van der Waals surface area (Å²) < 4.78 is 6.44. The minimum absolute atomic E-state index is 0.0708. The van der Waals surface area contributed by atoms with Crippen LogP contribution < -0.4 is 10.3 Å². The van der Waals surface area contributed by atoms with E-state index in [0.717, 1.165) is 4.57 Å². The third-order valence-corrected chi connectivity index (χ3v) is 3.96. The van der Waals surface area contributed by atoms with Crippen LogP contribution in [0.25, 0.3) is 0 Å². The molecule has 0 amide bonds. The SMILES string of the molecule is CCCn1c(O)c(C(=O)COc2ccc(Cl)cc2)c(C)c(C#N)c1=O. The lowest BCUT2D eigenvalue weighted by Gasteiger charge is -2.15. The molecule has 2 rings (SSSR count). The molecule has 1 aromatic heterocycles. The maximum absolute atomic E-state index is 12.5. The minimum atomic E-state index is -0.602. The Hall–Kier alpha value is -2.78. The maximum atomic E-state index is 12.5. The number of aromatic nitrogens is 1. The molecule has 0 spiro atoms. The van der Waals surface area contributed by atoms with Crippen molar-refractivity contribution in [1.29, 1.82) is 5.26 Å². The van der Waals surface area contributed by atoms with Gasteiger partial charge in [0.15, 0.2) is 6.61 Å². The van der Waals surface area contributed by atoms with Crippen LogP contribution in [-0.2, 0) is 6.54 Å². The van der Waals surface area contributed by atoms with Gasteiger partial charge in [-0.3, -0.25) is 14.2 Å². The summed E-state index contributed by atoms with van der Waals surface area (Å²) in [5.41, 5.74) is -0.670. The first-order valence-corrected chi connectivity index (χ1v) is 8.06. The number of carbonyl (C=O) groups is 1. The summed E-state index contributed by atoms with van der Waals surface area (Å²) in [5, 5.41) is 20.1. The number of nitrogens with zero attached hydrogens (tertiary/aromatic N) is 2. The largest absolute Gasteiger partial charge is 0.494 e. The van der Waals surface area contributed by atoms with Gasteiger partial charge in [0.05, 0.1) is 5.56 Å². The molecule has 0 aliphatic heterocycles. The molecule has 2 aromatic rings. The van der Waals surface area contributed by atoms with Crippen molar-refractivity contribution in [2.24, 2.45) is 0 Å². The minimum Gasteiger partial charge on any atom is -0.494 e. The van der Waals surface area contributed by atoms with Crippen LogP contribution in [0.15, 0.2) is 29.1 Å². The molecule has 1 heterocycles. The first-order chi connectivity index (χ1) is 11.9. The van der Waals surface area contributed by atoms with Crippen LogP contribution in [0, 0.1) is 18.3 Å². The predicted octanol–water partition coefficient (Wildman–Crippen LogP) is 3.06. The number of carbonyl (C=O) groups excluding carboxylic acids is 1. The van der Waals surface area contributed by atoms with E-state index in [-0.39, 0.29) is 29.8 Å². The van der Waals surface area contributed by atoms with E-state index in [1.807, 2.05) is 13.0 Å². The lowest BCUT2D eigenvalue weighted by molar-refractivity contribution is 0.0916. The number of Topliss-reactive ketones (excluding diaryl/α,β-unsaturated/α-hetero) is 1. The number of hydrogen-bond donors (Lipinski definition) is 1. The van der Waals surface area contributed by atoms with E-state index in [1.54, 1.807) is 24.3 Å². The Balaban J connectivity index is 2.38. The van der Waals surface area contributed by atoms with Gasteiger partial charge in [0.25, 0.3) is 5.56 Å². The molecule has 0 atom stereocenters. The lowest BCUT2D eigenvalue weighted by atomic mass is 10.0. The fourth-order valence-corrected chi connectivity index (χ4v) is 2.59. The van der Waals surface area contributed by atoms with Crippen LogP contribution in [0.4, 0.5) is 0 Å². The second-order valence-electron chi connectivity index (χ2n) is 5.43. The van der Waals surface area contributed by atoms with E-state index >= 15 is 0 Å². The molecule has 1 aromatic carbocycles. The molecular weight excluding hydrogens is 344 g/mol. The van der Waals surface area contributed by atoms with Crippen molar-refractivity contribution < 1.29 is 14.6 Å². The van der Waals surface area contributed by atoms with Gasteiger partial charge < -0.3 is 9.84 Å². The highest BCUT2D eigenvalue weighted by atomic mass is 35.5. The molecule has 7 heteroatoms. The summed E-state index contributed by atoms with van der Waals surface area (Å²) in [7, 11) is 0. The molecule has 0 unspecified atom stereocenters. The van der Waals surface area contributed by atoms with Gasteiger partial charge in [-0.2, -0.15) is 5.26 Å². The first kappa shape index (κ1) is 18.6. The van der Waals surface area contributed by atoms with Crippen LogP contribution >= 0.6 is 11.6 Å². The van der Waals surface area contributed by atoms with Crippen LogP contribution in [0.3, 0.4) is 0 Å². The number of pyridine rings is 1. The zero-order valence-corrected chi connectivity index (χ0v) is 14.6. The Kier molecular flexibility index (Phi) is 5.84. The number of hydrogen-bond acceptors (Lipinski definition) is 5. The number of aromatic hydroxyl groups is 1. The van der Waals surface area contributed by atoms with E-state index in [0.29, 0.717) is 17.2 Å². The van der Waals surface area contributed by atoms with Gasteiger partial charge in [0.2, 0.25) is 11.7 Å². The van der Waals surface area contributed by atoms with Gasteiger partial charge in [0, 0.05) is 11.6 Å². The van der Waals surface area contributed by atoms with Crippen molar-refractivity contribution >= 4 is 17.4 Å².